The van der Waals surface area contributed by atoms with Gasteiger partial charge < -0.3 is 10.2 Å². The topological polar surface area (TPSA) is 49.4 Å². The van der Waals surface area contributed by atoms with Crippen molar-refractivity contribution in [3.63, 3.8) is 0 Å². The second-order valence-electron chi connectivity index (χ2n) is 6.25. The van der Waals surface area contributed by atoms with Crippen LogP contribution in [0.1, 0.15) is 45.6 Å². The first-order chi connectivity index (χ1) is 9.90. The summed E-state index contributed by atoms with van der Waals surface area (Å²) in [5.74, 6) is 0.405. The maximum Gasteiger partial charge on any atom is 0.245 e. The van der Waals surface area contributed by atoms with E-state index in [2.05, 4.69) is 29.1 Å². The quantitative estimate of drug-likeness (QED) is 0.929. The molecule has 2 amide bonds. The van der Waals surface area contributed by atoms with Gasteiger partial charge in [0, 0.05) is 25.4 Å². The first kappa shape index (κ1) is 16.0. The van der Waals surface area contributed by atoms with E-state index in [1.807, 2.05) is 18.7 Å². The number of nitrogens with one attached hydrogen (secondary N) is 1. The van der Waals surface area contributed by atoms with Gasteiger partial charge in [0.2, 0.25) is 11.8 Å². The van der Waals surface area contributed by atoms with Gasteiger partial charge >= 0.3 is 0 Å². The van der Waals surface area contributed by atoms with E-state index in [0.717, 1.165) is 13.0 Å². The van der Waals surface area contributed by atoms with Crippen LogP contribution in [0.4, 0.5) is 0 Å². The number of amides is 2. The molecule has 0 saturated carbocycles. The Morgan fingerprint density at radius 2 is 2.14 bits per heavy atom. The Morgan fingerprint density at radius 3 is 2.67 bits per heavy atom. The molecule has 2 rings (SSSR count). The summed E-state index contributed by atoms with van der Waals surface area (Å²) in [6, 6.07) is 1.94. The number of likely N-dealkylation sites (tertiary alicyclic amines) is 1. The Balaban J connectivity index is 2.09. The molecule has 1 N–H and O–H groups in total. The summed E-state index contributed by atoms with van der Waals surface area (Å²) >= 11 is 1.70. The number of rotatable bonds is 4. The molecule has 1 aliphatic heterocycles. The monoisotopic (exact) mass is 308 g/mol. The van der Waals surface area contributed by atoms with Gasteiger partial charge in [-0.15, -0.1) is 0 Å². The predicted molar refractivity (Wildman–Crippen MR) is 85.3 cm³/mol. The molecule has 1 aromatic rings. The molecule has 1 aliphatic rings. The molecule has 1 aromatic heterocycles. The largest absolute Gasteiger partial charge is 0.344 e. The Labute approximate surface area is 130 Å². The summed E-state index contributed by atoms with van der Waals surface area (Å²) in [5, 5.41) is 7.05. The van der Waals surface area contributed by atoms with Crippen molar-refractivity contribution in [3.8, 4) is 0 Å². The Morgan fingerprint density at radius 1 is 1.43 bits per heavy atom. The van der Waals surface area contributed by atoms with Crippen LogP contribution < -0.4 is 5.32 Å². The third kappa shape index (κ3) is 3.64. The molecule has 4 nitrogen and oxygen atoms in total. The Hall–Kier alpha value is -1.36. The third-order valence-corrected chi connectivity index (χ3v) is 4.87. The van der Waals surface area contributed by atoms with Crippen LogP contribution in [0.3, 0.4) is 0 Å². The van der Waals surface area contributed by atoms with Crippen molar-refractivity contribution in [2.45, 2.75) is 52.1 Å². The molecule has 0 aromatic carbocycles. The number of carbonyl (C=O) groups excluding carboxylic acids is 2. The molecule has 21 heavy (non-hydrogen) atoms. The molecule has 0 bridgehead atoms. The highest BCUT2D eigenvalue weighted by Gasteiger charge is 2.37. The highest BCUT2D eigenvalue weighted by molar-refractivity contribution is 7.07. The number of nitrogens with zero attached hydrogens (tertiary/aromatic N) is 1. The van der Waals surface area contributed by atoms with Gasteiger partial charge in [-0.1, -0.05) is 13.8 Å². The predicted octanol–water partition coefficient (Wildman–Crippen LogP) is 2.61. The second-order valence-corrected chi connectivity index (χ2v) is 7.03. The first-order valence-corrected chi connectivity index (χ1v) is 8.44. The second kappa shape index (κ2) is 6.60. The Bertz CT molecular complexity index is 498. The molecule has 2 heterocycles. The highest BCUT2D eigenvalue weighted by Crippen LogP contribution is 2.33. The molecule has 0 unspecified atom stereocenters. The fourth-order valence-corrected chi connectivity index (χ4v) is 3.74. The Kier molecular flexibility index (Phi) is 5.04. The molecule has 0 aliphatic carbocycles. The van der Waals surface area contributed by atoms with Crippen molar-refractivity contribution < 1.29 is 9.59 Å². The lowest BCUT2D eigenvalue weighted by atomic mass is 10.00. The average molecular weight is 308 g/mol. The van der Waals surface area contributed by atoms with Crippen molar-refractivity contribution in [2.24, 2.45) is 5.92 Å². The fraction of sp³-hybridized carbons (Fsp3) is 0.625. The standard InChI is InChI=1S/C16H24N2O2S/c1-10(2)15(17-12(4)19)16(20)18-8-14(7-11(18)3)13-5-6-21-9-13/h5-6,9-11,14-15H,7-8H2,1-4H3,(H,17,19)/t11-,14+,15-/m0/s1. The van der Waals surface area contributed by atoms with E-state index in [4.69, 9.17) is 0 Å². The minimum atomic E-state index is -0.425. The van der Waals surface area contributed by atoms with Crippen LogP contribution in [0.5, 0.6) is 0 Å². The minimum Gasteiger partial charge on any atom is -0.344 e. The van der Waals surface area contributed by atoms with Gasteiger partial charge in [0.1, 0.15) is 6.04 Å². The maximum atomic E-state index is 12.8. The molecule has 1 fully saturated rings. The van der Waals surface area contributed by atoms with Gasteiger partial charge in [0.25, 0.3) is 0 Å². The van der Waals surface area contributed by atoms with Crippen molar-refractivity contribution in [1.29, 1.82) is 0 Å². The smallest absolute Gasteiger partial charge is 0.245 e. The molecule has 1 saturated heterocycles. The summed E-state index contributed by atoms with van der Waals surface area (Å²) in [5.41, 5.74) is 1.32. The minimum absolute atomic E-state index is 0.0467. The van der Waals surface area contributed by atoms with E-state index in [1.165, 1.54) is 12.5 Å². The van der Waals surface area contributed by atoms with E-state index >= 15 is 0 Å². The number of thiophene rings is 1. The number of carbonyl (C=O) groups is 2. The van der Waals surface area contributed by atoms with Crippen LogP contribution in [0, 0.1) is 5.92 Å². The van der Waals surface area contributed by atoms with Gasteiger partial charge in [-0.3, -0.25) is 9.59 Å². The van der Waals surface area contributed by atoms with Gasteiger partial charge in [0.15, 0.2) is 0 Å². The van der Waals surface area contributed by atoms with Gasteiger partial charge in [-0.05, 0) is 41.7 Å². The van der Waals surface area contributed by atoms with Crippen molar-refractivity contribution >= 4 is 23.2 Å². The molecular formula is C16H24N2O2S. The van der Waals surface area contributed by atoms with E-state index in [0.29, 0.717) is 5.92 Å². The van der Waals surface area contributed by atoms with E-state index in [1.54, 1.807) is 11.3 Å². The SMILES string of the molecule is CC(=O)N[C@H](C(=O)N1C[C@H](c2ccsc2)C[C@@H]1C)C(C)C. The van der Waals surface area contributed by atoms with Crippen LogP contribution in [-0.2, 0) is 9.59 Å². The average Bonchev–Trinajstić information content (AvgIpc) is 3.03. The molecule has 0 spiro atoms. The summed E-state index contributed by atoms with van der Waals surface area (Å²) in [6.07, 6.45) is 0.993. The zero-order valence-electron chi connectivity index (χ0n) is 13.1. The normalized spacial score (nSPS) is 23.4. The summed E-state index contributed by atoms with van der Waals surface area (Å²) in [6.45, 7) is 8.24. The van der Waals surface area contributed by atoms with Crippen LogP contribution in [0.2, 0.25) is 0 Å². The lowest BCUT2D eigenvalue weighted by Gasteiger charge is -2.29. The number of hydrogen-bond donors (Lipinski definition) is 1. The van der Waals surface area contributed by atoms with Crippen LogP contribution in [0.15, 0.2) is 16.8 Å². The molecule has 116 valence electrons. The summed E-state index contributed by atoms with van der Waals surface area (Å²) < 4.78 is 0. The molecule has 0 radical (unpaired) electrons. The lowest BCUT2D eigenvalue weighted by Crippen LogP contribution is -2.51. The fourth-order valence-electron chi connectivity index (χ4n) is 3.00. The first-order valence-electron chi connectivity index (χ1n) is 7.49. The van der Waals surface area contributed by atoms with Crippen molar-refractivity contribution in [2.75, 3.05) is 6.54 Å². The lowest BCUT2D eigenvalue weighted by molar-refractivity contribution is -0.137. The van der Waals surface area contributed by atoms with Crippen molar-refractivity contribution in [3.05, 3.63) is 22.4 Å². The molecule has 3 atom stereocenters. The van der Waals surface area contributed by atoms with Crippen molar-refractivity contribution in [1.82, 2.24) is 10.2 Å². The zero-order valence-corrected chi connectivity index (χ0v) is 13.9. The molecule has 5 heteroatoms. The summed E-state index contributed by atoms with van der Waals surface area (Å²) in [4.78, 5) is 26.0. The highest BCUT2D eigenvalue weighted by atomic mass is 32.1. The maximum absolute atomic E-state index is 12.8. The molecular weight excluding hydrogens is 284 g/mol. The van der Waals surface area contributed by atoms with Gasteiger partial charge in [-0.2, -0.15) is 11.3 Å². The van der Waals surface area contributed by atoms with E-state index < -0.39 is 6.04 Å². The van der Waals surface area contributed by atoms with E-state index in [9.17, 15) is 9.59 Å². The van der Waals surface area contributed by atoms with Gasteiger partial charge in [-0.25, -0.2) is 0 Å². The number of hydrogen-bond acceptors (Lipinski definition) is 3. The van der Waals surface area contributed by atoms with Gasteiger partial charge in [0.05, 0.1) is 0 Å². The van der Waals surface area contributed by atoms with Crippen LogP contribution in [0.25, 0.3) is 0 Å². The third-order valence-electron chi connectivity index (χ3n) is 4.16. The van der Waals surface area contributed by atoms with E-state index in [-0.39, 0.29) is 23.8 Å². The van der Waals surface area contributed by atoms with Crippen LogP contribution in [-0.4, -0.2) is 35.3 Å². The zero-order chi connectivity index (χ0) is 15.6. The van der Waals surface area contributed by atoms with Crippen LogP contribution >= 0.6 is 11.3 Å². The summed E-state index contributed by atoms with van der Waals surface area (Å²) in [7, 11) is 0.